The summed E-state index contributed by atoms with van der Waals surface area (Å²) in [7, 11) is 1.91. The average molecular weight is 214 g/mol. The normalized spacial score (nSPS) is 14.7. The molecule has 0 saturated carbocycles. The molecule has 0 aromatic carbocycles. The molecule has 1 amide bonds. The molecule has 3 heteroatoms. The highest BCUT2D eigenvalue weighted by atomic mass is 16.1. The van der Waals surface area contributed by atoms with E-state index in [1.54, 1.807) is 0 Å². The molecular formula is C12H26N2O. The van der Waals surface area contributed by atoms with Crippen LogP contribution in [-0.2, 0) is 4.79 Å². The summed E-state index contributed by atoms with van der Waals surface area (Å²) < 4.78 is 0. The average Bonchev–Trinajstić information content (AvgIpc) is 2.17. The number of carbonyl (C=O) groups excluding carboxylic acids is 1. The molecule has 0 aliphatic carbocycles. The van der Waals surface area contributed by atoms with Crippen LogP contribution in [-0.4, -0.2) is 25.5 Å². The lowest BCUT2D eigenvalue weighted by atomic mass is 10.0. The molecular weight excluding hydrogens is 188 g/mol. The van der Waals surface area contributed by atoms with Gasteiger partial charge in [-0.05, 0) is 39.3 Å². The topological polar surface area (TPSA) is 41.1 Å². The van der Waals surface area contributed by atoms with Crippen molar-refractivity contribution in [3.05, 3.63) is 0 Å². The van der Waals surface area contributed by atoms with Gasteiger partial charge in [0.05, 0.1) is 0 Å². The van der Waals surface area contributed by atoms with Crippen molar-refractivity contribution in [2.24, 2.45) is 5.92 Å². The van der Waals surface area contributed by atoms with E-state index in [-0.39, 0.29) is 5.91 Å². The van der Waals surface area contributed by atoms with Crippen LogP contribution in [0.5, 0.6) is 0 Å². The number of amides is 1. The molecule has 0 aromatic heterocycles. The standard InChI is InChI=1S/C12H26N2O/c1-5-10(2)9-11(3)14-12(15)7-6-8-13-4/h10-11,13H,5-9H2,1-4H3,(H,14,15). The van der Waals surface area contributed by atoms with Gasteiger partial charge in [-0.3, -0.25) is 4.79 Å². The van der Waals surface area contributed by atoms with Crippen LogP contribution in [0, 0.1) is 5.92 Å². The zero-order chi connectivity index (χ0) is 11.7. The van der Waals surface area contributed by atoms with Gasteiger partial charge in [0.15, 0.2) is 0 Å². The molecule has 0 rings (SSSR count). The SMILES string of the molecule is CCC(C)CC(C)NC(=O)CCCNC. The van der Waals surface area contributed by atoms with Gasteiger partial charge in [0.2, 0.25) is 5.91 Å². The van der Waals surface area contributed by atoms with Gasteiger partial charge in [-0.2, -0.15) is 0 Å². The summed E-state index contributed by atoms with van der Waals surface area (Å²) in [6, 6.07) is 0.307. The second kappa shape index (κ2) is 8.72. The second-order valence-electron chi connectivity index (χ2n) is 4.42. The quantitative estimate of drug-likeness (QED) is 0.606. The summed E-state index contributed by atoms with van der Waals surface area (Å²) >= 11 is 0. The summed E-state index contributed by atoms with van der Waals surface area (Å²) in [5.74, 6) is 0.874. The van der Waals surface area contributed by atoms with Crippen molar-refractivity contribution < 1.29 is 4.79 Å². The molecule has 2 N–H and O–H groups in total. The monoisotopic (exact) mass is 214 g/mol. The van der Waals surface area contributed by atoms with Gasteiger partial charge in [-0.25, -0.2) is 0 Å². The first-order chi connectivity index (χ1) is 7.10. The first-order valence-electron chi connectivity index (χ1n) is 6.04. The van der Waals surface area contributed by atoms with Crippen molar-refractivity contribution in [2.45, 2.75) is 52.5 Å². The molecule has 2 unspecified atom stereocenters. The molecule has 0 aliphatic rings. The Hall–Kier alpha value is -0.570. The van der Waals surface area contributed by atoms with Crippen LogP contribution in [0.2, 0.25) is 0 Å². The summed E-state index contributed by atoms with van der Waals surface area (Å²) in [4.78, 5) is 11.5. The third kappa shape index (κ3) is 8.43. The highest BCUT2D eigenvalue weighted by Crippen LogP contribution is 2.09. The molecule has 2 atom stereocenters. The van der Waals surface area contributed by atoms with E-state index < -0.39 is 0 Å². The number of hydrogen-bond acceptors (Lipinski definition) is 2. The van der Waals surface area contributed by atoms with E-state index in [0.29, 0.717) is 18.4 Å². The maximum Gasteiger partial charge on any atom is 0.220 e. The van der Waals surface area contributed by atoms with Gasteiger partial charge in [-0.15, -0.1) is 0 Å². The lowest BCUT2D eigenvalue weighted by molar-refractivity contribution is -0.121. The van der Waals surface area contributed by atoms with E-state index in [4.69, 9.17) is 0 Å². The van der Waals surface area contributed by atoms with Crippen molar-refractivity contribution in [2.75, 3.05) is 13.6 Å². The smallest absolute Gasteiger partial charge is 0.220 e. The Morgan fingerprint density at radius 3 is 2.53 bits per heavy atom. The molecule has 0 heterocycles. The minimum Gasteiger partial charge on any atom is -0.354 e. The molecule has 0 aliphatic heterocycles. The third-order valence-corrected chi connectivity index (χ3v) is 2.69. The zero-order valence-electron chi connectivity index (χ0n) is 10.6. The highest BCUT2D eigenvalue weighted by Gasteiger charge is 2.09. The van der Waals surface area contributed by atoms with Crippen LogP contribution < -0.4 is 10.6 Å². The molecule has 0 radical (unpaired) electrons. The number of carbonyl (C=O) groups is 1. The fourth-order valence-electron chi connectivity index (χ4n) is 1.60. The van der Waals surface area contributed by atoms with E-state index in [0.717, 1.165) is 19.4 Å². The van der Waals surface area contributed by atoms with Crippen LogP contribution in [0.15, 0.2) is 0 Å². The van der Waals surface area contributed by atoms with Crippen LogP contribution in [0.3, 0.4) is 0 Å². The third-order valence-electron chi connectivity index (χ3n) is 2.69. The molecule has 0 aromatic rings. The predicted molar refractivity (Wildman–Crippen MR) is 64.8 cm³/mol. The van der Waals surface area contributed by atoms with Crippen molar-refractivity contribution in [3.63, 3.8) is 0 Å². The molecule has 3 nitrogen and oxygen atoms in total. The Morgan fingerprint density at radius 1 is 1.33 bits per heavy atom. The largest absolute Gasteiger partial charge is 0.354 e. The van der Waals surface area contributed by atoms with Gasteiger partial charge < -0.3 is 10.6 Å². The van der Waals surface area contributed by atoms with Crippen molar-refractivity contribution >= 4 is 5.91 Å². The Kier molecular flexibility index (Phi) is 8.38. The Morgan fingerprint density at radius 2 is 2.00 bits per heavy atom. The van der Waals surface area contributed by atoms with E-state index in [1.165, 1.54) is 6.42 Å². The van der Waals surface area contributed by atoms with Gasteiger partial charge in [-0.1, -0.05) is 20.3 Å². The first kappa shape index (κ1) is 14.4. The zero-order valence-corrected chi connectivity index (χ0v) is 10.6. The molecule has 0 fully saturated rings. The number of rotatable bonds is 8. The number of hydrogen-bond donors (Lipinski definition) is 2. The van der Waals surface area contributed by atoms with E-state index in [2.05, 4.69) is 31.4 Å². The second-order valence-corrected chi connectivity index (χ2v) is 4.42. The minimum atomic E-state index is 0.182. The van der Waals surface area contributed by atoms with Crippen LogP contribution in [0.1, 0.15) is 46.5 Å². The molecule has 15 heavy (non-hydrogen) atoms. The molecule has 0 saturated heterocycles. The van der Waals surface area contributed by atoms with E-state index >= 15 is 0 Å². The van der Waals surface area contributed by atoms with Gasteiger partial charge in [0.25, 0.3) is 0 Å². The lowest BCUT2D eigenvalue weighted by Crippen LogP contribution is -2.33. The van der Waals surface area contributed by atoms with Crippen molar-refractivity contribution in [1.82, 2.24) is 10.6 Å². The Labute approximate surface area is 94.0 Å². The summed E-state index contributed by atoms with van der Waals surface area (Å²) in [5, 5.41) is 6.08. The maximum absolute atomic E-state index is 11.5. The highest BCUT2D eigenvalue weighted by molar-refractivity contribution is 5.76. The van der Waals surface area contributed by atoms with Gasteiger partial charge in [0.1, 0.15) is 0 Å². The molecule has 0 spiro atoms. The maximum atomic E-state index is 11.5. The summed E-state index contributed by atoms with van der Waals surface area (Å²) in [6.45, 7) is 7.41. The predicted octanol–water partition coefficient (Wildman–Crippen LogP) is 1.93. The first-order valence-corrected chi connectivity index (χ1v) is 6.04. The van der Waals surface area contributed by atoms with Crippen LogP contribution >= 0.6 is 0 Å². The minimum absolute atomic E-state index is 0.182. The van der Waals surface area contributed by atoms with Gasteiger partial charge in [0, 0.05) is 12.5 Å². The van der Waals surface area contributed by atoms with Crippen molar-refractivity contribution in [3.8, 4) is 0 Å². The van der Waals surface area contributed by atoms with E-state index in [1.807, 2.05) is 7.05 Å². The van der Waals surface area contributed by atoms with Crippen LogP contribution in [0.4, 0.5) is 0 Å². The summed E-state index contributed by atoms with van der Waals surface area (Å²) in [5.41, 5.74) is 0. The fourth-order valence-corrected chi connectivity index (χ4v) is 1.60. The number of nitrogens with one attached hydrogen (secondary N) is 2. The summed E-state index contributed by atoms with van der Waals surface area (Å²) in [6.07, 6.45) is 3.80. The fraction of sp³-hybridized carbons (Fsp3) is 0.917. The molecule has 0 bridgehead atoms. The Bertz CT molecular complexity index is 171. The van der Waals surface area contributed by atoms with E-state index in [9.17, 15) is 4.79 Å². The Balaban J connectivity index is 3.57. The van der Waals surface area contributed by atoms with Crippen LogP contribution in [0.25, 0.3) is 0 Å². The van der Waals surface area contributed by atoms with Gasteiger partial charge >= 0.3 is 0 Å². The lowest BCUT2D eigenvalue weighted by Gasteiger charge is -2.17. The van der Waals surface area contributed by atoms with Crippen molar-refractivity contribution in [1.29, 1.82) is 0 Å². The molecule has 90 valence electrons.